The third-order valence-electron chi connectivity index (χ3n) is 2.17. The van der Waals surface area contributed by atoms with Gasteiger partial charge in [0.2, 0.25) is 6.54 Å². The van der Waals surface area contributed by atoms with Gasteiger partial charge < -0.3 is 0 Å². The van der Waals surface area contributed by atoms with Crippen LogP contribution in [0.3, 0.4) is 0 Å². The Morgan fingerprint density at radius 1 is 1.71 bits per heavy atom. The lowest BCUT2D eigenvalue weighted by Crippen LogP contribution is -2.20. The molecule has 0 amide bonds. The van der Waals surface area contributed by atoms with Gasteiger partial charge in [-0.1, -0.05) is 17.7 Å². The first kappa shape index (κ1) is 13.9. The van der Waals surface area contributed by atoms with Crippen LogP contribution in [0.15, 0.2) is 23.3 Å². The van der Waals surface area contributed by atoms with Gasteiger partial charge in [0.25, 0.3) is 0 Å². The highest BCUT2D eigenvalue weighted by molar-refractivity contribution is 7.99. The van der Waals surface area contributed by atoms with Crippen molar-refractivity contribution in [2.24, 2.45) is 4.99 Å². The average molecular weight is 274 g/mol. The van der Waals surface area contributed by atoms with E-state index in [-0.39, 0.29) is 16.7 Å². The molecular formula is C10H12ClN3O2S. The molecule has 7 heteroatoms. The number of rotatable bonds is 5. The van der Waals surface area contributed by atoms with Crippen molar-refractivity contribution in [1.29, 1.82) is 0 Å². The Balaban J connectivity index is 2.97. The molecule has 17 heavy (non-hydrogen) atoms. The van der Waals surface area contributed by atoms with Gasteiger partial charge in [-0.3, -0.25) is 15.1 Å². The quantitative estimate of drug-likeness (QED) is 0.358. The van der Waals surface area contributed by atoms with Gasteiger partial charge in [-0.05, 0) is 17.9 Å². The zero-order valence-electron chi connectivity index (χ0n) is 9.46. The Morgan fingerprint density at radius 2 is 2.41 bits per heavy atom. The predicted octanol–water partition coefficient (Wildman–Crippen LogP) is 2.49. The van der Waals surface area contributed by atoms with E-state index >= 15 is 0 Å². The normalized spacial score (nSPS) is 13.5. The van der Waals surface area contributed by atoms with Gasteiger partial charge in [0, 0.05) is 18.2 Å². The second kappa shape index (κ2) is 6.56. The Labute approximate surface area is 108 Å². The maximum atomic E-state index is 10.6. The highest BCUT2D eigenvalue weighted by Gasteiger charge is 2.21. The van der Waals surface area contributed by atoms with E-state index < -0.39 is 0 Å². The second-order valence-corrected chi connectivity index (χ2v) is 4.57. The third-order valence-corrected chi connectivity index (χ3v) is 3.41. The number of thioether (sulfide) groups is 1. The summed E-state index contributed by atoms with van der Waals surface area (Å²) in [7, 11) is 1.56. The van der Waals surface area contributed by atoms with Crippen LogP contribution in [0.5, 0.6) is 0 Å². The molecule has 0 fully saturated rings. The van der Waals surface area contributed by atoms with Crippen LogP contribution >= 0.6 is 23.4 Å². The van der Waals surface area contributed by atoms with Crippen LogP contribution in [0.2, 0.25) is 5.15 Å². The first-order valence-corrected chi connectivity index (χ1v) is 6.46. The molecule has 1 unspecified atom stereocenters. The molecule has 0 saturated heterocycles. The van der Waals surface area contributed by atoms with Crippen LogP contribution in [0.25, 0.3) is 0 Å². The van der Waals surface area contributed by atoms with Gasteiger partial charge in [-0.25, -0.2) is 4.98 Å². The molecule has 0 spiro atoms. The fourth-order valence-electron chi connectivity index (χ4n) is 1.41. The summed E-state index contributed by atoms with van der Waals surface area (Å²) < 4.78 is 0. The van der Waals surface area contributed by atoms with E-state index in [4.69, 9.17) is 11.6 Å². The van der Waals surface area contributed by atoms with Gasteiger partial charge in [-0.15, -0.1) is 0 Å². The lowest BCUT2D eigenvalue weighted by molar-refractivity contribution is -0.463. The molecular weight excluding hydrogens is 262 g/mol. The molecule has 0 aliphatic rings. The molecule has 0 radical (unpaired) electrons. The van der Waals surface area contributed by atoms with Crippen LogP contribution in [0, 0.1) is 10.1 Å². The number of pyridine rings is 1. The number of hydrogen-bond acceptors (Lipinski definition) is 5. The van der Waals surface area contributed by atoms with Crippen molar-refractivity contribution in [3.05, 3.63) is 39.2 Å². The summed E-state index contributed by atoms with van der Waals surface area (Å²) in [5.74, 6) is 0. The second-order valence-electron chi connectivity index (χ2n) is 3.24. The van der Waals surface area contributed by atoms with Crippen LogP contribution in [-0.4, -0.2) is 35.5 Å². The minimum atomic E-state index is -0.380. The molecule has 0 bridgehead atoms. The van der Waals surface area contributed by atoms with Crippen LogP contribution in [0.1, 0.15) is 10.8 Å². The zero-order chi connectivity index (χ0) is 12.8. The number of hydrogen-bond donors (Lipinski definition) is 0. The van der Waals surface area contributed by atoms with Gasteiger partial charge >= 0.3 is 0 Å². The number of nitrogens with zero attached hydrogens (tertiary/aromatic N) is 3. The van der Waals surface area contributed by atoms with Gasteiger partial charge in [0.05, 0.1) is 11.0 Å². The number of halogens is 1. The Morgan fingerprint density at radius 3 is 2.82 bits per heavy atom. The maximum Gasteiger partial charge on any atom is 0.242 e. The molecule has 92 valence electrons. The minimum absolute atomic E-state index is 0.157. The monoisotopic (exact) mass is 273 g/mol. The summed E-state index contributed by atoms with van der Waals surface area (Å²) in [5.41, 5.74) is 1.39. The number of nitro groups is 1. The molecule has 1 aromatic rings. The summed E-state index contributed by atoms with van der Waals surface area (Å²) >= 11 is 7.19. The molecule has 5 nitrogen and oxygen atoms in total. The average Bonchev–Trinajstić information content (AvgIpc) is 2.30. The SMILES string of the molecule is CN=C(C[N+](=O)[O-])C(SC)c1ccc(Cl)nc1. The third kappa shape index (κ3) is 3.98. The first-order chi connectivity index (χ1) is 8.08. The van der Waals surface area contributed by atoms with E-state index in [9.17, 15) is 10.1 Å². The summed E-state index contributed by atoms with van der Waals surface area (Å²) in [6.07, 6.45) is 3.50. The molecule has 0 aromatic carbocycles. The van der Waals surface area contributed by atoms with Crippen molar-refractivity contribution in [3.63, 3.8) is 0 Å². The molecule has 0 aliphatic carbocycles. The predicted molar refractivity (Wildman–Crippen MR) is 70.7 cm³/mol. The van der Waals surface area contributed by atoms with Crippen molar-refractivity contribution < 1.29 is 4.92 Å². The Bertz CT molecular complexity index is 422. The standard InChI is InChI=1S/C10H12ClN3O2S/c1-12-8(6-14(15)16)10(17-2)7-3-4-9(11)13-5-7/h3-5,10H,6H2,1-2H3. The zero-order valence-corrected chi connectivity index (χ0v) is 11.0. The van der Waals surface area contributed by atoms with Crippen molar-refractivity contribution in [3.8, 4) is 0 Å². The minimum Gasteiger partial charge on any atom is -0.289 e. The van der Waals surface area contributed by atoms with E-state index in [0.29, 0.717) is 10.9 Å². The van der Waals surface area contributed by atoms with E-state index in [1.165, 1.54) is 11.8 Å². The summed E-state index contributed by atoms with van der Waals surface area (Å²) in [4.78, 5) is 18.1. The summed E-state index contributed by atoms with van der Waals surface area (Å²) in [6, 6.07) is 3.47. The van der Waals surface area contributed by atoms with E-state index in [1.807, 2.05) is 12.3 Å². The highest BCUT2D eigenvalue weighted by atomic mass is 35.5. The smallest absolute Gasteiger partial charge is 0.242 e. The van der Waals surface area contributed by atoms with Gasteiger partial charge in [0.1, 0.15) is 5.15 Å². The van der Waals surface area contributed by atoms with E-state index in [1.54, 1.807) is 19.3 Å². The maximum absolute atomic E-state index is 10.6. The molecule has 0 aliphatic heterocycles. The topological polar surface area (TPSA) is 68.4 Å². The van der Waals surface area contributed by atoms with Crippen LogP contribution in [0.4, 0.5) is 0 Å². The van der Waals surface area contributed by atoms with Gasteiger partial charge in [0.15, 0.2) is 0 Å². The largest absolute Gasteiger partial charge is 0.289 e. The van der Waals surface area contributed by atoms with Crippen molar-refractivity contribution >= 4 is 29.1 Å². The summed E-state index contributed by atoms with van der Waals surface area (Å²) in [5, 5.41) is 10.8. The van der Waals surface area contributed by atoms with E-state index in [2.05, 4.69) is 9.98 Å². The molecule has 0 saturated carbocycles. The van der Waals surface area contributed by atoms with Crippen LogP contribution in [-0.2, 0) is 0 Å². The Hall–Kier alpha value is -1.14. The van der Waals surface area contributed by atoms with Crippen LogP contribution < -0.4 is 0 Å². The number of aliphatic imine (C=N–C) groups is 1. The number of aromatic nitrogens is 1. The Kier molecular flexibility index (Phi) is 5.37. The fourth-order valence-corrected chi connectivity index (χ4v) is 2.39. The lowest BCUT2D eigenvalue weighted by atomic mass is 10.1. The van der Waals surface area contributed by atoms with Crippen molar-refractivity contribution in [2.75, 3.05) is 19.8 Å². The molecule has 1 atom stereocenters. The first-order valence-electron chi connectivity index (χ1n) is 4.80. The highest BCUT2D eigenvalue weighted by Crippen LogP contribution is 2.28. The van der Waals surface area contributed by atoms with Crippen molar-refractivity contribution in [1.82, 2.24) is 4.98 Å². The van der Waals surface area contributed by atoms with Crippen molar-refractivity contribution in [2.45, 2.75) is 5.25 Å². The van der Waals surface area contributed by atoms with E-state index in [0.717, 1.165) is 5.56 Å². The molecule has 0 N–H and O–H groups in total. The fraction of sp³-hybridized carbons (Fsp3) is 0.400. The molecule has 1 rings (SSSR count). The van der Waals surface area contributed by atoms with Gasteiger partial charge in [-0.2, -0.15) is 11.8 Å². The summed E-state index contributed by atoms with van der Waals surface area (Å²) in [6.45, 7) is -0.259. The molecule has 1 heterocycles. The lowest BCUT2D eigenvalue weighted by Gasteiger charge is -2.14. The molecule has 1 aromatic heterocycles.